The summed E-state index contributed by atoms with van der Waals surface area (Å²) in [6.45, 7) is 0. The fourth-order valence-corrected chi connectivity index (χ4v) is 5.00. The smallest absolute Gasteiger partial charge is 0.206 e. The molecule has 12 heteroatoms. The van der Waals surface area contributed by atoms with E-state index in [1.54, 1.807) is 72.8 Å². The number of hydrogen-bond acceptors (Lipinski definition) is 8. The summed E-state index contributed by atoms with van der Waals surface area (Å²) in [4.78, 5) is 8.98. The van der Waals surface area contributed by atoms with Crippen LogP contribution in [-0.4, -0.2) is 57.7 Å². The zero-order chi connectivity index (χ0) is 25.5. The molecule has 2 heterocycles. The van der Waals surface area contributed by atoms with Crippen LogP contribution in [0, 0.1) is 0 Å². The summed E-state index contributed by atoms with van der Waals surface area (Å²) in [6, 6.07) is 24.6. The van der Waals surface area contributed by atoms with E-state index in [0.29, 0.717) is 22.3 Å². The molecule has 0 fully saturated rings. The molecule has 0 saturated carbocycles. The maximum Gasteiger partial charge on any atom is 0.252 e. The maximum absolute atomic E-state index is 12.4. The van der Waals surface area contributed by atoms with E-state index in [0.717, 1.165) is 20.7 Å². The van der Waals surface area contributed by atoms with Gasteiger partial charge in [-0.2, -0.15) is 0 Å². The summed E-state index contributed by atoms with van der Waals surface area (Å²) in [5.74, 6) is 0.743. The van der Waals surface area contributed by atoms with Gasteiger partial charge in [0, 0.05) is 22.3 Å². The third-order valence-electron chi connectivity index (χ3n) is 5.23. The third-order valence-corrected chi connectivity index (χ3v) is 6.99. The number of rotatable bonds is 6. The van der Waals surface area contributed by atoms with Crippen molar-refractivity contribution in [1.29, 1.82) is 0 Å². The molecule has 0 N–H and O–H groups in total. The third kappa shape index (κ3) is 4.55. The van der Waals surface area contributed by atoms with E-state index < -0.39 is 20.0 Å². The van der Waals surface area contributed by atoms with Crippen LogP contribution in [0.5, 0.6) is 0 Å². The number of aromatic nitrogens is 6. The molecule has 5 aromatic rings. The van der Waals surface area contributed by atoms with Gasteiger partial charge in [0.25, 0.3) is 20.0 Å². The van der Waals surface area contributed by atoms with Crippen LogP contribution in [0.4, 0.5) is 0 Å². The second kappa shape index (κ2) is 8.81. The van der Waals surface area contributed by atoms with Crippen LogP contribution in [0.1, 0.15) is 0 Å². The van der Waals surface area contributed by atoms with Crippen LogP contribution in [0.15, 0.2) is 84.9 Å². The molecule has 0 aliphatic carbocycles. The van der Waals surface area contributed by atoms with Gasteiger partial charge in [-0.3, -0.25) is 0 Å². The van der Waals surface area contributed by atoms with Crippen LogP contribution in [0.25, 0.3) is 45.6 Å². The van der Waals surface area contributed by atoms with Crippen LogP contribution in [0.3, 0.4) is 0 Å². The van der Waals surface area contributed by atoms with Crippen molar-refractivity contribution < 1.29 is 16.8 Å². The van der Waals surface area contributed by atoms with Crippen LogP contribution in [0.2, 0.25) is 0 Å². The first-order chi connectivity index (χ1) is 17.1. The molecule has 0 aliphatic heterocycles. The zero-order valence-corrected chi connectivity index (χ0v) is 20.8. The van der Waals surface area contributed by atoms with Gasteiger partial charge in [0.15, 0.2) is 23.3 Å². The van der Waals surface area contributed by atoms with Gasteiger partial charge in [-0.1, -0.05) is 78.9 Å². The van der Waals surface area contributed by atoms with Crippen LogP contribution in [-0.2, 0) is 20.0 Å². The van der Waals surface area contributed by atoms with Crippen molar-refractivity contribution in [2.45, 2.75) is 0 Å². The van der Waals surface area contributed by atoms with Gasteiger partial charge >= 0.3 is 0 Å². The number of hydrogen-bond donors (Lipinski definition) is 0. The second-order valence-corrected chi connectivity index (χ2v) is 11.7. The minimum absolute atomic E-state index is 0.185. The molecule has 0 saturated heterocycles. The first-order valence-electron chi connectivity index (χ1n) is 10.7. The molecule has 0 atom stereocenters. The Kier molecular flexibility index (Phi) is 5.77. The van der Waals surface area contributed by atoms with Crippen molar-refractivity contribution in [3.8, 4) is 45.6 Å². The first kappa shape index (κ1) is 23.6. The first-order valence-corrected chi connectivity index (χ1v) is 14.4. The lowest BCUT2D eigenvalue weighted by atomic mass is 10.1. The molecule has 2 aromatic heterocycles. The van der Waals surface area contributed by atoms with E-state index in [2.05, 4.69) is 20.2 Å². The Labute approximate surface area is 208 Å². The van der Waals surface area contributed by atoms with Crippen LogP contribution >= 0.6 is 0 Å². The highest BCUT2D eigenvalue weighted by Gasteiger charge is 2.22. The Morgan fingerprint density at radius 1 is 0.528 bits per heavy atom. The van der Waals surface area contributed by atoms with E-state index in [1.165, 1.54) is 0 Å². The molecule has 10 nitrogen and oxygen atoms in total. The molecule has 3 aromatic carbocycles. The molecular formula is C24H20N6O4S2. The van der Waals surface area contributed by atoms with E-state index in [-0.39, 0.29) is 23.3 Å². The van der Waals surface area contributed by atoms with Crippen molar-refractivity contribution in [2.75, 3.05) is 12.5 Å². The quantitative estimate of drug-likeness (QED) is 0.334. The highest BCUT2D eigenvalue weighted by Crippen LogP contribution is 2.28. The average Bonchev–Trinajstić information content (AvgIpc) is 3.51. The monoisotopic (exact) mass is 520 g/mol. The lowest BCUT2D eigenvalue weighted by Gasteiger charge is -2.02. The van der Waals surface area contributed by atoms with Gasteiger partial charge < -0.3 is 0 Å². The fraction of sp³-hybridized carbons (Fsp3) is 0.0833. The molecule has 0 unspecified atom stereocenters. The Balaban J connectivity index is 1.63. The molecule has 36 heavy (non-hydrogen) atoms. The lowest BCUT2D eigenvalue weighted by molar-refractivity contribution is 0.585. The highest BCUT2D eigenvalue weighted by molar-refractivity contribution is 7.89. The molecule has 5 rings (SSSR count). The molecule has 182 valence electrons. The Morgan fingerprint density at radius 2 is 0.889 bits per heavy atom. The van der Waals surface area contributed by atoms with Gasteiger partial charge in [0.2, 0.25) is 0 Å². The predicted octanol–water partition coefficient (Wildman–Crippen LogP) is 3.15. The second-order valence-electron chi connectivity index (χ2n) is 8.04. The van der Waals surface area contributed by atoms with Crippen molar-refractivity contribution >= 4 is 20.0 Å². The Bertz CT molecular complexity index is 1650. The summed E-state index contributed by atoms with van der Waals surface area (Å²) >= 11 is 0. The summed E-state index contributed by atoms with van der Waals surface area (Å²) in [5.41, 5.74) is 2.23. The summed E-state index contributed by atoms with van der Waals surface area (Å²) in [5, 5.41) is 8.50. The van der Waals surface area contributed by atoms with E-state index >= 15 is 0 Å². The van der Waals surface area contributed by atoms with Gasteiger partial charge in [0.05, 0.1) is 12.5 Å². The molecular weight excluding hydrogens is 500 g/mol. The van der Waals surface area contributed by atoms with Crippen LogP contribution < -0.4 is 0 Å². The molecule has 0 spiro atoms. The van der Waals surface area contributed by atoms with Gasteiger partial charge in [0.1, 0.15) is 0 Å². The summed E-state index contributed by atoms with van der Waals surface area (Å²) in [6.07, 6.45) is 2.11. The Morgan fingerprint density at radius 3 is 1.25 bits per heavy atom. The Hall–Kier alpha value is -4.16. The SMILES string of the molecule is CS(=O)(=O)n1nc(-c2cccc(-c3nc(-c4ccccc4)n(S(C)(=O)=O)n3)c2)nc1-c1ccccc1. The largest absolute Gasteiger partial charge is 0.252 e. The molecule has 0 bridgehead atoms. The normalized spacial score (nSPS) is 12.1. The average molecular weight is 521 g/mol. The maximum atomic E-state index is 12.4. The predicted molar refractivity (Wildman–Crippen MR) is 136 cm³/mol. The van der Waals surface area contributed by atoms with E-state index in [1.807, 2.05) is 12.1 Å². The summed E-state index contributed by atoms with van der Waals surface area (Å²) < 4.78 is 51.4. The van der Waals surface area contributed by atoms with E-state index in [4.69, 9.17) is 0 Å². The van der Waals surface area contributed by atoms with Gasteiger partial charge in [-0.15, -0.1) is 18.4 Å². The minimum atomic E-state index is -3.73. The summed E-state index contributed by atoms with van der Waals surface area (Å²) in [7, 11) is -7.46. The zero-order valence-electron chi connectivity index (χ0n) is 19.2. The van der Waals surface area contributed by atoms with Crippen molar-refractivity contribution in [3.05, 3.63) is 84.9 Å². The lowest BCUT2D eigenvalue weighted by Crippen LogP contribution is -2.13. The van der Waals surface area contributed by atoms with Gasteiger partial charge in [-0.05, 0) is 6.07 Å². The van der Waals surface area contributed by atoms with Crippen molar-refractivity contribution in [3.63, 3.8) is 0 Å². The number of benzene rings is 3. The molecule has 0 aliphatic rings. The van der Waals surface area contributed by atoms with Gasteiger partial charge in [-0.25, -0.2) is 26.8 Å². The number of nitrogens with zero attached hydrogens (tertiary/aromatic N) is 6. The highest BCUT2D eigenvalue weighted by atomic mass is 32.2. The minimum Gasteiger partial charge on any atom is -0.206 e. The molecule has 0 amide bonds. The molecule has 0 radical (unpaired) electrons. The standard InChI is InChI=1S/C24H20N6O4S2/c1-35(31,32)29-23(17-10-5-3-6-11-17)25-21(27-29)19-14-9-15-20(16-19)22-26-24(18-12-7-4-8-13-18)30(28-22)36(2,33)34/h3-16H,1-2H3. The van der Waals surface area contributed by atoms with E-state index in [9.17, 15) is 16.8 Å². The topological polar surface area (TPSA) is 130 Å². The van der Waals surface area contributed by atoms with Crippen molar-refractivity contribution in [1.82, 2.24) is 28.3 Å². The van der Waals surface area contributed by atoms with Crippen molar-refractivity contribution in [2.24, 2.45) is 0 Å². The fourth-order valence-electron chi connectivity index (χ4n) is 3.63.